The maximum Gasteiger partial charge on any atom is 0.159 e. The molecule has 2 aromatic carbocycles. The quantitative estimate of drug-likeness (QED) is 0.874. The molecule has 0 aliphatic heterocycles. The van der Waals surface area contributed by atoms with Gasteiger partial charge in [0.15, 0.2) is 11.6 Å². The number of hydrogen-bond donors (Lipinski definition) is 1. The summed E-state index contributed by atoms with van der Waals surface area (Å²) >= 11 is 0. The molecule has 2 rings (SSSR count). The van der Waals surface area contributed by atoms with Gasteiger partial charge in [0.05, 0.1) is 6.04 Å². The van der Waals surface area contributed by atoms with E-state index >= 15 is 0 Å². The molecule has 0 amide bonds. The van der Waals surface area contributed by atoms with Crippen molar-refractivity contribution in [1.29, 1.82) is 0 Å². The Morgan fingerprint density at radius 1 is 0.824 bits per heavy atom. The number of nitrogens with two attached hydrogens (primary N) is 1. The van der Waals surface area contributed by atoms with Crippen molar-refractivity contribution >= 4 is 12.4 Å². The van der Waals surface area contributed by atoms with E-state index < -0.39 is 17.7 Å². The van der Waals surface area contributed by atoms with E-state index in [2.05, 4.69) is 0 Å². The summed E-state index contributed by atoms with van der Waals surface area (Å²) < 4.78 is 25.8. The predicted molar refractivity (Wildman–Crippen MR) is 66.1 cm³/mol. The van der Waals surface area contributed by atoms with Crippen molar-refractivity contribution in [2.24, 2.45) is 5.73 Å². The van der Waals surface area contributed by atoms with Crippen LogP contribution in [-0.4, -0.2) is 0 Å². The first kappa shape index (κ1) is 13.6. The minimum Gasteiger partial charge on any atom is -0.320 e. The molecule has 17 heavy (non-hydrogen) atoms. The van der Waals surface area contributed by atoms with Gasteiger partial charge in [-0.2, -0.15) is 0 Å². The number of rotatable bonds is 2. The van der Waals surface area contributed by atoms with Gasteiger partial charge in [-0.25, -0.2) is 8.78 Å². The highest BCUT2D eigenvalue weighted by Crippen LogP contribution is 2.20. The predicted octanol–water partition coefficient (Wildman–Crippen LogP) is 3.43. The minimum absolute atomic E-state index is 0. The maximum absolute atomic E-state index is 13.0. The third-order valence-corrected chi connectivity index (χ3v) is 2.46. The Morgan fingerprint density at radius 2 is 1.47 bits per heavy atom. The summed E-state index contributed by atoms with van der Waals surface area (Å²) in [4.78, 5) is 0. The summed E-state index contributed by atoms with van der Waals surface area (Å²) in [6.07, 6.45) is 0. The average molecular weight is 256 g/mol. The van der Waals surface area contributed by atoms with Crippen LogP contribution in [0.4, 0.5) is 8.78 Å². The number of hydrogen-bond acceptors (Lipinski definition) is 1. The Hall–Kier alpha value is -1.45. The smallest absolute Gasteiger partial charge is 0.159 e. The summed E-state index contributed by atoms with van der Waals surface area (Å²) in [5.41, 5.74) is 7.38. The lowest BCUT2D eigenvalue weighted by Gasteiger charge is -2.12. The van der Waals surface area contributed by atoms with Gasteiger partial charge in [0.25, 0.3) is 0 Å². The Morgan fingerprint density at radius 3 is 2.06 bits per heavy atom. The Labute approximate surface area is 105 Å². The fourth-order valence-corrected chi connectivity index (χ4v) is 1.56. The zero-order valence-electron chi connectivity index (χ0n) is 8.94. The van der Waals surface area contributed by atoms with Crippen LogP contribution in [0.2, 0.25) is 0 Å². The van der Waals surface area contributed by atoms with Crippen LogP contribution in [-0.2, 0) is 0 Å². The molecule has 1 unspecified atom stereocenters. The molecule has 4 heteroatoms. The molecule has 1 atom stereocenters. The minimum atomic E-state index is -0.871. The Balaban J connectivity index is 0.00000144. The van der Waals surface area contributed by atoms with Crippen LogP contribution in [0, 0.1) is 11.6 Å². The monoisotopic (exact) mass is 255 g/mol. The molecule has 1 nitrogen and oxygen atoms in total. The third-order valence-electron chi connectivity index (χ3n) is 2.46. The molecule has 0 heterocycles. The number of benzene rings is 2. The van der Waals surface area contributed by atoms with Gasteiger partial charge in [0, 0.05) is 0 Å². The van der Waals surface area contributed by atoms with Gasteiger partial charge >= 0.3 is 0 Å². The van der Waals surface area contributed by atoms with Crippen LogP contribution in [0.25, 0.3) is 0 Å². The van der Waals surface area contributed by atoms with Crippen LogP contribution in [0.5, 0.6) is 0 Å². The van der Waals surface area contributed by atoms with Gasteiger partial charge in [-0.05, 0) is 23.3 Å². The first-order valence-electron chi connectivity index (χ1n) is 4.94. The molecule has 0 saturated carbocycles. The zero-order valence-corrected chi connectivity index (χ0v) is 9.75. The topological polar surface area (TPSA) is 26.0 Å². The number of halogens is 3. The standard InChI is InChI=1S/C13H11F2N.ClH/c14-11-7-6-10(8-12(11)15)13(16)9-4-2-1-3-5-9;/h1-8,13H,16H2;1H. The molecule has 0 bridgehead atoms. The average Bonchev–Trinajstić information content (AvgIpc) is 2.33. The van der Waals surface area contributed by atoms with E-state index in [4.69, 9.17) is 5.73 Å². The molecular formula is C13H12ClF2N. The van der Waals surface area contributed by atoms with Gasteiger partial charge in [-0.1, -0.05) is 36.4 Å². The molecule has 0 aromatic heterocycles. The largest absolute Gasteiger partial charge is 0.320 e. The van der Waals surface area contributed by atoms with E-state index in [-0.39, 0.29) is 12.4 Å². The molecule has 0 fully saturated rings. The van der Waals surface area contributed by atoms with E-state index in [9.17, 15) is 8.78 Å². The summed E-state index contributed by atoms with van der Waals surface area (Å²) in [5, 5.41) is 0. The maximum atomic E-state index is 13.0. The van der Waals surface area contributed by atoms with Gasteiger partial charge in [-0.3, -0.25) is 0 Å². The molecule has 0 aliphatic rings. The molecular weight excluding hydrogens is 244 g/mol. The molecule has 0 aliphatic carbocycles. The van der Waals surface area contributed by atoms with Crippen molar-refractivity contribution in [3.05, 3.63) is 71.3 Å². The van der Waals surface area contributed by atoms with E-state index in [1.54, 1.807) is 0 Å². The van der Waals surface area contributed by atoms with Crippen LogP contribution >= 0.6 is 12.4 Å². The zero-order chi connectivity index (χ0) is 11.5. The van der Waals surface area contributed by atoms with Crippen molar-refractivity contribution in [2.75, 3.05) is 0 Å². The third kappa shape index (κ3) is 3.02. The van der Waals surface area contributed by atoms with Gasteiger partial charge in [0.1, 0.15) is 0 Å². The van der Waals surface area contributed by atoms with Gasteiger partial charge < -0.3 is 5.73 Å². The highest BCUT2D eigenvalue weighted by Gasteiger charge is 2.10. The van der Waals surface area contributed by atoms with Crippen molar-refractivity contribution in [1.82, 2.24) is 0 Å². The normalized spacial score (nSPS) is 11.7. The highest BCUT2D eigenvalue weighted by atomic mass is 35.5. The second kappa shape index (κ2) is 5.75. The summed E-state index contributed by atoms with van der Waals surface area (Å²) in [5.74, 6) is -1.73. The summed E-state index contributed by atoms with van der Waals surface area (Å²) in [6.45, 7) is 0. The molecule has 0 spiro atoms. The fraction of sp³-hybridized carbons (Fsp3) is 0.0769. The van der Waals surface area contributed by atoms with E-state index in [0.29, 0.717) is 5.56 Å². The summed E-state index contributed by atoms with van der Waals surface area (Å²) in [6, 6.07) is 12.6. The van der Waals surface area contributed by atoms with E-state index in [0.717, 1.165) is 17.7 Å². The Bertz CT molecular complexity index is 488. The van der Waals surface area contributed by atoms with Crippen molar-refractivity contribution in [3.63, 3.8) is 0 Å². The van der Waals surface area contributed by atoms with Crippen molar-refractivity contribution < 1.29 is 8.78 Å². The molecule has 2 aromatic rings. The Kier molecular flexibility index (Phi) is 4.61. The molecule has 90 valence electrons. The first-order chi connectivity index (χ1) is 7.68. The van der Waals surface area contributed by atoms with Crippen LogP contribution in [0.3, 0.4) is 0 Å². The highest BCUT2D eigenvalue weighted by molar-refractivity contribution is 5.85. The van der Waals surface area contributed by atoms with Crippen LogP contribution < -0.4 is 5.73 Å². The van der Waals surface area contributed by atoms with Crippen molar-refractivity contribution in [2.45, 2.75) is 6.04 Å². The second-order valence-electron chi connectivity index (χ2n) is 3.56. The molecule has 0 radical (unpaired) electrons. The lowest BCUT2D eigenvalue weighted by molar-refractivity contribution is 0.506. The van der Waals surface area contributed by atoms with E-state index in [1.165, 1.54) is 6.07 Å². The lowest BCUT2D eigenvalue weighted by Crippen LogP contribution is -2.12. The lowest BCUT2D eigenvalue weighted by atomic mass is 10.00. The van der Waals surface area contributed by atoms with Crippen molar-refractivity contribution in [3.8, 4) is 0 Å². The SMILES string of the molecule is Cl.NC(c1ccccc1)c1ccc(F)c(F)c1. The van der Waals surface area contributed by atoms with E-state index in [1.807, 2.05) is 30.3 Å². The van der Waals surface area contributed by atoms with Gasteiger partial charge in [-0.15, -0.1) is 12.4 Å². The molecule has 2 N–H and O–H groups in total. The molecule has 0 saturated heterocycles. The van der Waals surface area contributed by atoms with Gasteiger partial charge in [0.2, 0.25) is 0 Å². The van der Waals surface area contributed by atoms with Crippen LogP contribution in [0.15, 0.2) is 48.5 Å². The van der Waals surface area contributed by atoms with Crippen LogP contribution in [0.1, 0.15) is 17.2 Å². The second-order valence-corrected chi connectivity index (χ2v) is 3.56. The fourth-order valence-electron chi connectivity index (χ4n) is 1.56. The first-order valence-corrected chi connectivity index (χ1v) is 4.94. The summed E-state index contributed by atoms with van der Waals surface area (Å²) in [7, 11) is 0.